The number of thiophene rings is 1. The van der Waals surface area contributed by atoms with Gasteiger partial charge >= 0.3 is 0 Å². The van der Waals surface area contributed by atoms with Crippen molar-refractivity contribution in [1.82, 2.24) is 19.5 Å². The number of rotatable bonds is 5. The molecule has 0 atom stereocenters. The minimum Gasteiger partial charge on any atom is -0.496 e. The van der Waals surface area contributed by atoms with Crippen molar-refractivity contribution in [1.29, 1.82) is 0 Å². The van der Waals surface area contributed by atoms with E-state index in [2.05, 4.69) is 10.4 Å². The number of carbonyl (C=O) groups excluding carboxylic acids is 1. The number of carbonyl (C=O) groups is 1. The number of hydrogen-bond donors (Lipinski definition) is 1. The zero-order valence-electron chi connectivity index (χ0n) is 14.9. The summed E-state index contributed by atoms with van der Waals surface area (Å²) in [6.07, 6.45) is 0. The van der Waals surface area contributed by atoms with Crippen LogP contribution in [0.5, 0.6) is 5.75 Å². The van der Waals surface area contributed by atoms with Crippen molar-refractivity contribution in [3.63, 3.8) is 0 Å². The Morgan fingerprint density at radius 2 is 2.11 bits per heavy atom. The van der Waals surface area contributed by atoms with E-state index < -0.39 is 0 Å². The Balaban J connectivity index is 1.57. The number of para-hydroxylation sites is 1. The lowest BCUT2D eigenvalue weighted by atomic mass is 10.2. The van der Waals surface area contributed by atoms with E-state index in [1.807, 2.05) is 53.1 Å². The number of amides is 1. The number of ether oxygens (including phenoxy) is 1. The first kappa shape index (κ1) is 17.3. The maximum Gasteiger partial charge on any atom is 0.291 e. The lowest BCUT2D eigenvalue weighted by molar-refractivity contribution is -0.122. The van der Waals surface area contributed by atoms with Crippen molar-refractivity contribution in [2.75, 3.05) is 7.11 Å². The Morgan fingerprint density at radius 3 is 2.93 bits per heavy atom. The molecule has 0 fully saturated rings. The standard InChI is InChI=1S/C19H18N4O3S/c1-12-21-22(18(25)15-9-13-7-8-27-19(13)23(12)15)11-17(24)20-10-14-5-3-4-6-16(14)26-2/h3-9H,10-11H2,1-2H3,(H,20,24). The third kappa shape index (κ3) is 3.08. The molecule has 7 nitrogen and oxygen atoms in total. The summed E-state index contributed by atoms with van der Waals surface area (Å²) in [5, 5.41) is 10.1. The zero-order chi connectivity index (χ0) is 19.0. The largest absolute Gasteiger partial charge is 0.496 e. The second-order valence-corrected chi connectivity index (χ2v) is 7.04. The summed E-state index contributed by atoms with van der Waals surface area (Å²) in [7, 11) is 1.59. The average molecular weight is 382 g/mol. The van der Waals surface area contributed by atoms with E-state index in [1.165, 1.54) is 4.68 Å². The fraction of sp³-hybridized carbons (Fsp3) is 0.211. The van der Waals surface area contributed by atoms with Crippen LogP contribution in [0.2, 0.25) is 0 Å². The van der Waals surface area contributed by atoms with Gasteiger partial charge in [-0.3, -0.25) is 14.0 Å². The molecule has 1 amide bonds. The molecular formula is C19H18N4O3S. The van der Waals surface area contributed by atoms with Crippen molar-refractivity contribution in [2.24, 2.45) is 0 Å². The first-order valence-electron chi connectivity index (χ1n) is 8.43. The molecule has 3 heterocycles. The first-order valence-corrected chi connectivity index (χ1v) is 9.31. The maximum absolute atomic E-state index is 12.7. The maximum atomic E-state index is 12.7. The molecule has 0 bridgehead atoms. The zero-order valence-corrected chi connectivity index (χ0v) is 15.7. The van der Waals surface area contributed by atoms with Gasteiger partial charge in [-0.1, -0.05) is 18.2 Å². The number of hydrogen-bond acceptors (Lipinski definition) is 5. The number of aromatic nitrogens is 3. The molecule has 1 aromatic carbocycles. The molecule has 0 aliphatic rings. The van der Waals surface area contributed by atoms with Crippen molar-refractivity contribution < 1.29 is 9.53 Å². The van der Waals surface area contributed by atoms with Gasteiger partial charge in [-0.25, -0.2) is 4.68 Å². The Hall–Kier alpha value is -3.13. The number of methoxy groups -OCH3 is 1. The van der Waals surface area contributed by atoms with Crippen LogP contribution >= 0.6 is 11.3 Å². The second-order valence-electron chi connectivity index (χ2n) is 6.14. The van der Waals surface area contributed by atoms with Gasteiger partial charge in [0.1, 0.15) is 28.5 Å². The number of nitrogens with one attached hydrogen (secondary N) is 1. The minimum absolute atomic E-state index is 0.135. The third-order valence-corrected chi connectivity index (χ3v) is 5.33. The highest BCUT2D eigenvalue weighted by Gasteiger charge is 2.15. The highest BCUT2D eigenvalue weighted by molar-refractivity contribution is 7.16. The second kappa shape index (κ2) is 6.88. The van der Waals surface area contributed by atoms with Gasteiger partial charge < -0.3 is 10.1 Å². The molecule has 0 spiro atoms. The lowest BCUT2D eigenvalue weighted by Crippen LogP contribution is -2.34. The summed E-state index contributed by atoms with van der Waals surface area (Å²) in [6, 6.07) is 11.3. The van der Waals surface area contributed by atoms with E-state index in [0.717, 1.165) is 15.8 Å². The van der Waals surface area contributed by atoms with Gasteiger partial charge in [0.15, 0.2) is 0 Å². The molecule has 1 N–H and O–H groups in total. The Morgan fingerprint density at radius 1 is 1.30 bits per heavy atom. The summed E-state index contributed by atoms with van der Waals surface area (Å²) < 4.78 is 8.33. The number of aryl methyl sites for hydroxylation is 1. The monoisotopic (exact) mass is 382 g/mol. The molecule has 0 saturated carbocycles. The van der Waals surface area contributed by atoms with E-state index in [4.69, 9.17) is 4.74 Å². The van der Waals surface area contributed by atoms with Crippen molar-refractivity contribution in [2.45, 2.75) is 20.0 Å². The highest BCUT2D eigenvalue weighted by Crippen LogP contribution is 2.24. The number of benzene rings is 1. The van der Waals surface area contributed by atoms with E-state index in [1.54, 1.807) is 18.4 Å². The molecule has 0 unspecified atom stereocenters. The topological polar surface area (TPSA) is 77.6 Å². The van der Waals surface area contributed by atoms with Gasteiger partial charge in [0.25, 0.3) is 5.56 Å². The summed E-state index contributed by atoms with van der Waals surface area (Å²) in [5.74, 6) is 1.09. The van der Waals surface area contributed by atoms with Crippen molar-refractivity contribution >= 4 is 33.0 Å². The number of fused-ring (bicyclic) bond motifs is 3. The van der Waals surface area contributed by atoms with E-state index in [0.29, 0.717) is 23.6 Å². The molecule has 138 valence electrons. The summed E-state index contributed by atoms with van der Waals surface area (Å²) in [5.41, 5.74) is 1.12. The van der Waals surface area contributed by atoms with Gasteiger partial charge in [0, 0.05) is 17.5 Å². The fourth-order valence-corrected chi connectivity index (χ4v) is 4.08. The molecule has 27 heavy (non-hydrogen) atoms. The Kier molecular flexibility index (Phi) is 4.41. The quantitative estimate of drug-likeness (QED) is 0.575. The predicted octanol–water partition coefficient (Wildman–Crippen LogP) is 2.34. The molecule has 0 aliphatic carbocycles. The van der Waals surface area contributed by atoms with Crippen LogP contribution in [0.3, 0.4) is 0 Å². The fourth-order valence-electron chi connectivity index (χ4n) is 3.14. The van der Waals surface area contributed by atoms with Crippen LogP contribution < -0.4 is 15.6 Å². The molecule has 8 heteroatoms. The summed E-state index contributed by atoms with van der Waals surface area (Å²) in [6.45, 7) is 2.01. The van der Waals surface area contributed by atoms with Crippen LogP contribution in [0.15, 0.2) is 46.6 Å². The normalized spacial score (nSPS) is 11.2. The number of nitrogens with zero attached hydrogens (tertiary/aromatic N) is 3. The van der Waals surface area contributed by atoms with E-state index in [9.17, 15) is 9.59 Å². The van der Waals surface area contributed by atoms with Crippen LogP contribution in [0.25, 0.3) is 15.7 Å². The lowest BCUT2D eigenvalue weighted by Gasteiger charge is -2.11. The van der Waals surface area contributed by atoms with Crippen LogP contribution in [0.1, 0.15) is 11.4 Å². The van der Waals surface area contributed by atoms with Gasteiger partial charge in [-0.05, 0) is 30.5 Å². The van der Waals surface area contributed by atoms with Gasteiger partial charge in [-0.15, -0.1) is 11.3 Å². The molecule has 4 rings (SSSR count). The van der Waals surface area contributed by atoms with Gasteiger partial charge in [-0.2, -0.15) is 5.10 Å². The molecular weight excluding hydrogens is 364 g/mol. The summed E-state index contributed by atoms with van der Waals surface area (Å²) >= 11 is 1.56. The van der Waals surface area contributed by atoms with Crippen LogP contribution in [0.4, 0.5) is 0 Å². The third-order valence-electron chi connectivity index (χ3n) is 4.41. The van der Waals surface area contributed by atoms with E-state index >= 15 is 0 Å². The minimum atomic E-state index is -0.285. The van der Waals surface area contributed by atoms with Crippen LogP contribution in [-0.4, -0.2) is 27.2 Å². The van der Waals surface area contributed by atoms with E-state index in [-0.39, 0.29) is 18.0 Å². The molecule has 0 radical (unpaired) electrons. The summed E-state index contributed by atoms with van der Waals surface area (Å²) in [4.78, 5) is 26.1. The van der Waals surface area contributed by atoms with Crippen LogP contribution in [0, 0.1) is 6.92 Å². The average Bonchev–Trinajstić information content (AvgIpc) is 3.25. The Labute approximate surface area is 158 Å². The Bertz CT molecular complexity index is 1200. The van der Waals surface area contributed by atoms with Crippen LogP contribution in [-0.2, 0) is 17.9 Å². The predicted molar refractivity (Wildman–Crippen MR) is 104 cm³/mol. The van der Waals surface area contributed by atoms with Gasteiger partial charge in [0.05, 0.1) is 7.11 Å². The molecule has 4 aromatic rings. The van der Waals surface area contributed by atoms with Crippen molar-refractivity contribution in [3.05, 3.63) is 63.5 Å². The molecule has 0 saturated heterocycles. The molecule has 3 aromatic heterocycles. The highest BCUT2D eigenvalue weighted by atomic mass is 32.1. The SMILES string of the molecule is COc1ccccc1CNC(=O)Cn1nc(C)n2c(cc3ccsc32)c1=O. The first-order chi connectivity index (χ1) is 13.1. The molecule has 0 aliphatic heterocycles. The smallest absolute Gasteiger partial charge is 0.291 e. The van der Waals surface area contributed by atoms with Gasteiger partial charge in [0.2, 0.25) is 5.91 Å². The van der Waals surface area contributed by atoms with Crippen molar-refractivity contribution in [3.8, 4) is 5.75 Å².